The van der Waals surface area contributed by atoms with E-state index in [1.54, 1.807) is 36.4 Å². The zero-order valence-corrected chi connectivity index (χ0v) is 15.2. The van der Waals surface area contributed by atoms with Gasteiger partial charge in [-0.1, -0.05) is 55.8 Å². The largest absolute Gasteiger partial charge is 0.310 e. The minimum atomic E-state index is -9.78. The van der Waals surface area contributed by atoms with Gasteiger partial charge in [-0.05, 0) is 46.8 Å². The quantitative estimate of drug-likeness (QED) is 0.308. The van der Waals surface area contributed by atoms with Crippen LogP contribution in [0.15, 0.2) is 77.0 Å². The molecule has 4 aromatic rings. The van der Waals surface area contributed by atoms with Gasteiger partial charge in [0.05, 0.1) is 16.1 Å². The summed E-state index contributed by atoms with van der Waals surface area (Å²) in [6.45, 7) is 0. The van der Waals surface area contributed by atoms with Crippen LogP contribution in [0, 0.1) is 0 Å². The number of benzene rings is 2. The van der Waals surface area contributed by atoms with Gasteiger partial charge < -0.3 is 0 Å². The van der Waals surface area contributed by atoms with Crippen molar-refractivity contribution in [2.45, 2.75) is 4.90 Å². The molecule has 0 atom stereocenters. The first-order valence-corrected chi connectivity index (χ1v) is 10.6. The summed E-state index contributed by atoms with van der Waals surface area (Å²) in [5.74, 6) is 0. The van der Waals surface area contributed by atoms with Crippen LogP contribution >= 0.6 is 21.6 Å². The number of hydrogen-bond donors (Lipinski definition) is 0. The van der Waals surface area contributed by atoms with Gasteiger partial charge in [0, 0.05) is 5.39 Å². The third-order valence-corrected chi connectivity index (χ3v) is 6.12. The molecule has 2 aromatic heterocycles. The van der Waals surface area contributed by atoms with Gasteiger partial charge in [0.15, 0.2) is 0 Å². The first-order valence-electron chi connectivity index (χ1n) is 7.79. The first kappa shape index (κ1) is 17.9. The molecule has 0 aliphatic rings. The summed E-state index contributed by atoms with van der Waals surface area (Å²) in [5.41, 5.74) is 1.86. The highest BCUT2D eigenvalue weighted by molar-refractivity contribution is 8.45. The molecular formula is C19H12F5NS2. The second kappa shape index (κ2) is 5.30. The van der Waals surface area contributed by atoms with Crippen LogP contribution in [-0.4, -0.2) is 4.98 Å². The van der Waals surface area contributed by atoms with Crippen molar-refractivity contribution >= 4 is 32.5 Å². The number of hydrogen-bond acceptors (Lipinski definition) is 2. The van der Waals surface area contributed by atoms with Gasteiger partial charge >= 0.3 is 10.2 Å². The Morgan fingerprint density at radius 3 is 2.15 bits per heavy atom. The van der Waals surface area contributed by atoms with E-state index in [1.165, 1.54) is 11.3 Å². The highest BCUT2D eigenvalue weighted by atomic mass is 32.5. The van der Waals surface area contributed by atoms with Crippen LogP contribution < -0.4 is 0 Å². The molecule has 0 bridgehead atoms. The van der Waals surface area contributed by atoms with E-state index in [9.17, 15) is 19.4 Å². The number of rotatable bonds is 3. The lowest BCUT2D eigenvalue weighted by molar-refractivity contribution is 0.364. The van der Waals surface area contributed by atoms with Crippen molar-refractivity contribution in [2.75, 3.05) is 0 Å². The van der Waals surface area contributed by atoms with Crippen LogP contribution in [0.4, 0.5) is 19.4 Å². The average molecular weight is 413 g/mol. The Morgan fingerprint density at radius 2 is 1.52 bits per heavy atom. The molecule has 0 saturated heterocycles. The van der Waals surface area contributed by atoms with E-state index in [4.69, 9.17) is 0 Å². The molecule has 27 heavy (non-hydrogen) atoms. The van der Waals surface area contributed by atoms with Gasteiger partial charge in [-0.15, -0.1) is 11.3 Å². The van der Waals surface area contributed by atoms with E-state index in [-0.39, 0.29) is 10.9 Å². The second-order valence-corrected chi connectivity index (χ2v) is 9.40. The van der Waals surface area contributed by atoms with Crippen molar-refractivity contribution in [2.24, 2.45) is 0 Å². The van der Waals surface area contributed by atoms with E-state index < -0.39 is 15.1 Å². The van der Waals surface area contributed by atoms with E-state index in [2.05, 4.69) is 4.98 Å². The lowest BCUT2D eigenvalue weighted by Gasteiger charge is -2.40. The van der Waals surface area contributed by atoms with E-state index in [0.29, 0.717) is 29.0 Å². The highest BCUT2D eigenvalue weighted by Crippen LogP contribution is 3.02. The van der Waals surface area contributed by atoms with E-state index in [1.807, 2.05) is 17.5 Å². The lowest BCUT2D eigenvalue weighted by atomic mass is 10.00. The van der Waals surface area contributed by atoms with Gasteiger partial charge in [-0.2, -0.15) is 0 Å². The third-order valence-electron chi connectivity index (χ3n) is 4.08. The predicted molar refractivity (Wildman–Crippen MR) is 102 cm³/mol. The summed E-state index contributed by atoms with van der Waals surface area (Å²) in [6.07, 6.45) is 0. The number of thiophene rings is 1. The Balaban J connectivity index is 2.06. The zero-order valence-electron chi connectivity index (χ0n) is 13.6. The summed E-state index contributed by atoms with van der Waals surface area (Å²) >= 11 is 1.44. The van der Waals surface area contributed by atoms with Gasteiger partial charge in [0.1, 0.15) is 4.90 Å². The summed E-state index contributed by atoms with van der Waals surface area (Å²) < 4.78 is 66.5. The van der Waals surface area contributed by atoms with Crippen LogP contribution in [0.5, 0.6) is 0 Å². The van der Waals surface area contributed by atoms with Crippen LogP contribution in [0.1, 0.15) is 0 Å². The molecule has 4 rings (SSSR count). The van der Waals surface area contributed by atoms with E-state index in [0.717, 1.165) is 10.9 Å². The predicted octanol–water partition coefficient (Wildman–Crippen LogP) is 8.29. The van der Waals surface area contributed by atoms with Crippen LogP contribution in [0.2, 0.25) is 0 Å². The summed E-state index contributed by atoms with van der Waals surface area (Å²) in [6, 6.07) is 15.9. The van der Waals surface area contributed by atoms with Crippen molar-refractivity contribution in [1.29, 1.82) is 0 Å². The smallest absolute Gasteiger partial charge is 0.247 e. The normalized spacial score (nSPS) is 14.7. The molecule has 0 aliphatic heterocycles. The number of fused-ring (bicyclic) bond motifs is 1. The van der Waals surface area contributed by atoms with E-state index >= 15 is 0 Å². The fourth-order valence-electron chi connectivity index (χ4n) is 2.85. The minimum absolute atomic E-state index is 0.0345. The maximum Gasteiger partial charge on any atom is 0.310 e. The Labute approximate surface area is 155 Å². The first-order chi connectivity index (χ1) is 12.5. The summed E-state index contributed by atoms with van der Waals surface area (Å²) in [7, 11) is -9.78. The van der Waals surface area contributed by atoms with Crippen molar-refractivity contribution in [3.63, 3.8) is 0 Å². The Kier molecular flexibility index (Phi) is 3.52. The molecule has 0 unspecified atom stereocenters. The highest BCUT2D eigenvalue weighted by Gasteiger charge is 2.65. The fourth-order valence-corrected chi connectivity index (χ4v) is 4.20. The molecule has 2 aromatic carbocycles. The fraction of sp³-hybridized carbons (Fsp3) is 0. The molecule has 0 spiro atoms. The molecule has 0 aliphatic carbocycles. The molecular weight excluding hydrogens is 401 g/mol. The number of aromatic nitrogens is 1. The molecule has 0 N–H and O–H groups in total. The SMILES string of the molecule is FS(F)(F)(F)(F)c1ccc2nc(-c3cccs3)cc(-c3ccccc3)c2c1. The molecule has 1 nitrogen and oxygen atoms in total. The van der Waals surface area contributed by atoms with Crippen LogP contribution in [-0.2, 0) is 0 Å². The Hall–Kier alpha value is -2.45. The Morgan fingerprint density at radius 1 is 0.778 bits per heavy atom. The number of nitrogens with zero attached hydrogens (tertiary/aromatic N) is 1. The van der Waals surface area contributed by atoms with Gasteiger partial charge in [-0.3, -0.25) is 0 Å². The van der Waals surface area contributed by atoms with Gasteiger partial charge in [0.2, 0.25) is 0 Å². The topological polar surface area (TPSA) is 12.9 Å². The molecule has 8 heteroatoms. The second-order valence-electron chi connectivity index (χ2n) is 6.05. The molecule has 2 heterocycles. The van der Waals surface area contributed by atoms with Crippen LogP contribution in [0.3, 0.4) is 0 Å². The van der Waals surface area contributed by atoms with Crippen molar-refractivity contribution in [3.8, 4) is 21.7 Å². The lowest BCUT2D eigenvalue weighted by Crippen LogP contribution is -2.06. The standard InChI is InChI=1S/C19H12F5NS2/c20-27(21,22,23,24)14-8-9-17-16(11-14)15(13-5-2-1-3-6-13)12-18(25-17)19-7-4-10-26-19/h1-12H. The third kappa shape index (κ3) is 3.54. The summed E-state index contributed by atoms with van der Waals surface area (Å²) in [4.78, 5) is 3.31. The molecule has 0 radical (unpaired) electrons. The maximum atomic E-state index is 13.3. The maximum absolute atomic E-state index is 13.3. The minimum Gasteiger partial charge on any atom is -0.247 e. The molecule has 0 fully saturated rings. The van der Waals surface area contributed by atoms with Crippen molar-refractivity contribution < 1.29 is 19.4 Å². The van der Waals surface area contributed by atoms with Crippen molar-refractivity contribution in [3.05, 3.63) is 72.1 Å². The monoisotopic (exact) mass is 413 g/mol. The molecule has 140 valence electrons. The number of halogens is 5. The number of pyridine rings is 1. The van der Waals surface area contributed by atoms with Crippen LogP contribution in [0.25, 0.3) is 32.6 Å². The molecule has 0 saturated carbocycles. The summed E-state index contributed by atoms with van der Waals surface area (Å²) in [5, 5.41) is 1.90. The molecule has 0 amide bonds. The van der Waals surface area contributed by atoms with Gasteiger partial charge in [0.25, 0.3) is 0 Å². The zero-order chi connectivity index (χ0) is 19.3. The van der Waals surface area contributed by atoms with Crippen molar-refractivity contribution in [1.82, 2.24) is 4.98 Å². The van der Waals surface area contributed by atoms with Gasteiger partial charge in [-0.25, -0.2) is 4.98 Å². The average Bonchev–Trinajstić information content (AvgIpc) is 3.14. The Bertz CT molecular complexity index is 1140.